The van der Waals surface area contributed by atoms with Gasteiger partial charge < -0.3 is 15.4 Å². The molecule has 2 N–H and O–H groups in total. The number of hydrogen-bond acceptors (Lipinski definition) is 5. The molecule has 6 heteroatoms. The maximum Gasteiger partial charge on any atom is 0.270 e. The Labute approximate surface area is 142 Å². The van der Waals surface area contributed by atoms with E-state index in [9.17, 15) is 4.79 Å². The number of hydrogen-bond donors (Lipinski definition) is 2. The van der Waals surface area contributed by atoms with Gasteiger partial charge in [0, 0.05) is 11.6 Å². The van der Waals surface area contributed by atoms with Gasteiger partial charge in [-0.15, -0.1) is 0 Å². The zero-order valence-corrected chi connectivity index (χ0v) is 14.8. The van der Waals surface area contributed by atoms with Crippen molar-refractivity contribution in [1.82, 2.24) is 15.3 Å². The molecule has 0 saturated carbocycles. The van der Waals surface area contributed by atoms with Crippen molar-refractivity contribution in [3.8, 4) is 5.75 Å². The van der Waals surface area contributed by atoms with Crippen LogP contribution in [0.1, 0.15) is 44.0 Å². The highest BCUT2D eigenvalue weighted by molar-refractivity contribution is 5.93. The summed E-state index contributed by atoms with van der Waals surface area (Å²) in [5.41, 5.74) is 0.791. The molecule has 0 spiro atoms. The van der Waals surface area contributed by atoms with E-state index >= 15 is 0 Å². The highest BCUT2D eigenvalue weighted by Crippen LogP contribution is 2.26. The number of benzene rings is 1. The summed E-state index contributed by atoms with van der Waals surface area (Å²) in [5.74, 6) is 1.58. The summed E-state index contributed by atoms with van der Waals surface area (Å²) in [6.07, 6.45) is 0. The summed E-state index contributed by atoms with van der Waals surface area (Å²) in [6.45, 7) is 10.0. The van der Waals surface area contributed by atoms with E-state index in [1.807, 2.05) is 52.0 Å². The van der Waals surface area contributed by atoms with Gasteiger partial charge in [0.25, 0.3) is 5.91 Å². The number of ether oxygens (including phenoxy) is 1. The maximum atomic E-state index is 12.3. The van der Waals surface area contributed by atoms with Gasteiger partial charge in [0.2, 0.25) is 0 Å². The van der Waals surface area contributed by atoms with Crippen LogP contribution in [0.2, 0.25) is 0 Å². The van der Waals surface area contributed by atoms with E-state index < -0.39 is 0 Å². The summed E-state index contributed by atoms with van der Waals surface area (Å²) in [6, 6.07) is 9.23. The number of carbonyl (C=O) groups is 1. The number of aromatic nitrogens is 2. The van der Waals surface area contributed by atoms with Crippen LogP contribution in [0.3, 0.4) is 0 Å². The highest BCUT2D eigenvalue weighted by atomic mass is 16.5. The maximum absolute atomic E-state index is 12.3. The molecular weight excluding hydrogens is 304 g/mol. The summed E-state index contributed by atoms with van der Waals surface area (Å²) < 4.78 is 5.60. The molecule has 0 fully saturated rings. The SMILES string of the molecule is CCOc1ccccc1Nc1cc(C(=O)NC(C)(C)C)nc(C)n1. The van der Waals surface area contributed by atoms with Gasteiger partial charge in [-0.25, -0.2) is 9.97 Å². The molecule has 1 aromatic carbocycles. The third-order valence-electron chi connectivity index (χ3n) is 3.01. The lowest BCUT2D eigenvalue weighted by atomic mass is 10.1. The molecule has 6 nitrogen and oxygen atoms in total. The second kappa shape index (κ2) is 7.29. The smallest absolute Gasteiger partial charge is 0.270 e. The number of aryl methyl sites for hydroxylation is 1. The van der Waals surface area contributed by atoms with Crippen molar-refractivity contribution in [2.24, 2.45) is 0 Å². The van der Waals surface area contributed by atoms with E-state index in [1.165, 1.54) is 0 Å². The Hall–Kier alpha value is -2.63. The van der Waals surface area contributed by atoms with Crippen LogP contribution in [0.4, 0.5) is 11.5 Å². The van der Waals surface area contributed by atoms with Crippen molar-refractivity contribution in [3.05, 3.63) is 41.9 Å². The van der Waals surface area contributed by atoms with Crippen molar-refractivity contribution in [1.29, 1.82) is 0 Å². The van der Waals surface area contributed by atoms with E-state index in [1.54, 1.807) is 13.0 Å². The topological polar surface area (TPSA) is 76.1 Å². The second-order valence-electron chi connectivity index (χ2n) is 6.44. The van der Waals surface area contributed by atoms with Crippen LogP contribution in [-0.4, -0.2) is 28.0 Å². The normalized spacial score (nSPS) is 11.0. The van der Waals surface area contributed by atoms with Gasteiger partial charge in [0.15, 0.2) is 0 Å². The lowest BCUT2D eigenvalue weighted by Gasteiger charge is -2.20. The Morgan fingerprint density at radius 3 is 2.58 bits per heavy atom. The molecule has 2 rings (SSSR count). The van der Waals surface area contributed by atoms with Crippen molar-refractivity contribution >= 4 is 17.4 Å². The molecule has 1 aromatic heterocycles. The third-order valence-corrected chi connectivity index (χ3v) is 3.01. The van der Waals surface area contributed by atoms with Crippen LogP contribution in [0.25, 0.3) is 0 Å². The first-order chi connectivity index (χ1) is 11.3. The molecule has 1 amide bonds. The van der Waals surface area contributed by atoms with Crippen molar-refractivity contribution in [2.45, 2.75) is 40.2 Å². The van der Waals surface area contributed by atoms with E-state index in [4.69, 9.17) is 4.74 Å². The molecule has 0 atom stereocenters. The number of nitrogens with one attached hydrogen (secondary N) is 2. The van der Waals surface area contributed by atoms with Crippen LogP contribution in [0, 0.1) is 6.92 Å². The summed E-state index contributed by atoms with van der Waals surface area (Å²) in [7, 11) is 0. The minimum atomic E-state index is -0.328. The Balaban J connectivity index is 2.28. The highest BCUT2D eigenvalue weighted by Gasteiger charge is 2.17. The predicted octanol–water partition coefficient (Wildman–Crippen LogP) is 3.46. The molecule has 128 valence electrons. The van der Waals surface area contributed by atoms with Crippen LogP contribution >= 0.6 is 0 Å². The van der Waals surface area contributed by atoms with Crippen LogP contribution in [0.5, 0.6) is 5.75 Å². The lowest BCUT2D eigenvalue weighted by molar-refractivity contribution is 0.0914. The quantitative estimate of drug-likeness (QED) is 0.879. The van der Waals surface area contributed by atoms with Crippen molar-refractivity contribution in [3.63, 3.8) is 0 Å². The Morgan fingerprint density at radius 2 is 1.92 bits per heavy atom. The minimum Gasteiger partial charge on any atom is -0.492 e. The Morgan fingerprint density at radius 1 is 1.21 bits per heavy atom. The number of rotatable bonds is 5. The molecule has 0 aliphatic carbocycles. The van der Waals surface area contributed by atoms with Crippen molar-refractivity contribution < 1.29 is 9.53 Å². The molecule has 24 heavy (non-hydrogen) atoms. The first-order valence-electron chi connectivity index (χ1n) is 7.95. The zero-order chi connectivity index (χ0) is 17.7. The minimum absolute atomic E-state index is 0.228. The summed E-state index contributed by atoms with van der Waals surface area (Å²) >= 11 is 0. The average molecular weight is 328 g/mol. The number of para-hydroxylation sites is 2. The van der Waals surface area contributed by atoms with E-state index in [0.717, 1.165) is 11.4 Å². The average Bonchev–Trinajstić information content (AvgIpc) is 2.47. The fraction of sp³-hybridized carbons (Fsp3) is 0.389. The van der Waals surface area contributed by atoms with Gasteiger partial charge in [-0.1, -0.05) is 12.1 Å². The van der Waals surface area contributed by atoms with Crippen LogP contribution in [-0.2, 0) is 0 Å². The first kappa shape index (κ1) is 17.7. The van der Waals surface area contributed by atoms with E-state index in [0.29, 0.717) is 23.9 Å². The van der Waals surface area contributed by atoms with Gasteiger partial charge >= 0.3 is 0 Å². The van der Waals surface area contributed by atoms with Gasteiger partial charge in [0.05, 0.1) is 12.3 Å². The first-order valence-corrected chi connectivity index (χ1v) is 7.95. The molecule has 0 aliphatic heterocycles. The summed E-state index contributed by atoms with van der Waals surface area (Å²) in [5, 5.41) is 6.10. The second-order valence-corrected chi connectivity index (χ2v) is 6.44. The van der Waals surface area contributed by atoms with Crippen LogP contribution in [0.15, 0.2) is 30.3 Å². The van der Waals surface area contributed by atoms with Crippen molar-refractivity contribution in [2.75, 3.05) is 11.9 Å². The van der Waals surface area contributed by atoms with Gasteiger partial charge in [0.1, 0.15) is 23.1 Å². The van der Waals surface area contributed by atoms with Gasteiger partial charge in [-0.2, -0.15) is 0 Å². The van der Waals surface area contributed by atoms with Crippen LogP contribution < -0.4 is 15.4 Å². The number of amides is 1. The van der Waals surface area contributed by atoms with E-state index in [-0.39, 0.29) is 11.4 Å². The monoisotopic (exact) mass is 328 g/mol. The molecule has 2 aromatic rings. The number of carbonyl (C=O) groups excluding carboxylic acids is 1. The predicted molar refractivity (Wildman–Crippen MR) is 94.9 cm³/mol. The lowest BCUT2D eigenvalue weighted by Crippen LogP contribution is -2.41. The Bertz CT molecular complexity index is 723. The standard InChI is InChI=1S/C18H24N4O2/c1-6-24-15-10-8-7-9-13(15)21-16-11-14(19-12(2)20-16)17(23)22-18(3,4)5/h7-11H,6H2,1-5H3,(H,22,23)(H,19,20,21). The van der Waals surface area contributed by atoms with E-state index in [2.05, 4.69) is 20.6 Å². The molecule has 0 unspecified atom stereocenters. The third kappa shape index (κ3) is 4.94. The zero-order valence-electron chi connectivity index (χ0n) is 14.8. The molecule has 0 bridgehead atoms. The molecule has 0 aliphatic rings. The molecule has 0 radical (unpaired) electrons. The summed E-state index contributed by atoms with van der Waals surface area (Å²) in [4.78, 5) is 20.9. The largest absolute Gasteiger partial charge is 0.492 e. The number of nitrogens with zero attached hydrogens (tertiary/aromatic N) is 2. The van der Waals surface area contributed by atoms with Gasteiger partial charge in [-0.3, -0.25) is 4.79 Å². The Kier molecular flexibility index (Phi) is 5.39. The van der Waals surface area contributed by atoms with Gasteiger partial charge in [-0.05, 0) is 46.8 Å². The molecular formula is C18H24N4O2. The number of anilines is 2. The fourth-order valence-corrected chi connectivity index (χ4v) is 2.14. The fourth-order valence-electron chi connectivity index (χ4n) is 2.14. The molecule has 1 heterocycles. The molecule has 0 saturated heterocycles.